The van der Waals surface area contributed by atoms with Crippen LogP contribution in [0.5, 0.6) is 0 Å². The second kappa shape index (κ2) is 9.25. The van der Waals surface area contributed by atoms with Crippen LogP contribution in [-0.4, -0.2) is 11.0 Å². The van der Waals surface area contributed by atoms with E-state index in [1.165, 1.54) is 35.7 Å². The van der Waals surface area contributed by atoms with Crippen molar-refractivity contribution in [2.24, 2.45) is 0 Å². The molecule has 0 aromatic heterocycles. The molecule has 0 bridgehead atoms. The van der Waals surface area contributed by atoms with Gasteiger partial charge in [0.2, 0.25) is 0 Å². The summed E-state index contributed by atoms with van der Waals surface area (Å²) in [6, 6.07) is 8.04. The molecule has 0 unspecified atom stereocenters. The van der Waals surface area contributed by atoms with E-state index in [0.717, 1.165) is 18.1 Å². The van der Waals surface area contributed by atoms with Crippen molar-refractivity contribution in [3.8, 4) is 0 Å². The Morgan fingerprint density at radius 2 is 1.94 bits per heavy atom. The van der Waals surface area contributed by atoms with Crippen molar-refractivity contribution in [1.82, 2.24) is 5.32 Å². The topological polar surface area (TPSA) is 12.0 Å². The maximum Gasteiger partial charge on any atom is 0.0409 e. The molecule has 90 valence electrons. The highest BCUT2D eigenvalue weighted by Crippen LogP contribution is 2.10. The molecule has 0 aliphatic carbocycles. The Hall–Kier alpha value is 0.200. The lowest BCUT2D eigenvalue weighted by Crippen LogP contribution is -2.14. The molecule has 1 aromatic carbocycles. The van der Waals surface area contributed by atoms with Gasteiger partial charge in [-0.05, 0) is 41.5 Å². The molecule has 0 saturated heterocycles. The highest BCUT2D eigenvalue weighted by molar-refractivity contribution is 14.1. The molecule has 0 atom stereocenters. The third-order valence-electron chi connectivity index (χ3n) is 2.46. The molecule has 0 fully saturated rings. The Kier molecular flexibility index (Phi) is 8.25. The smallest absolute Gasteiger partial charge is 0.0409 e. The summed E-state index contributed by atoms with van der Waals surface area (Å²) in [5, 5.41) is 4.27. The summed E-state index contributed by atoms with van der Waals surface area (Å²) in [5.74, 6) is 0. The lowest BCUT2D eigenvalue weighted by Gasteiger charge is -2.05. The van der Waals surface area contributed by atoms with Crippen LogP contribution >= 0.6 is 34.2 Å². The Morgan fingerprint density at radius 3 is 2.69 bits per heavy atom. The third kappa shape index (κ3) is 6.71. The Bertz CT molecular complexity index is 291. The van der Waals surface area contributed by atoms with E-state index in [0.29, 0.717) is 0 Å². The van der Waals surface area contributed by atoms with Crippen molar-refractivity contribution >= 4 is 34.2 Å². The van der Waals surface area contributed by atoms with Crippen molar-refractivity contribution in [3.63, 3.8) is 0 Å². The fourth-order valence-electron chi connectivity index (χ4n) is 1.58. The number of benzene rings is 1. The molecule has 0 aliphatic rings. The molecule has 1 aromatic rings. The zero-order chi connectivity index (χ0) is 11.6. The van der Waals surface area contributed by atoms with Gasteiger partial charge < -0.3 is 5.32 Å². The molecule has 0 heterocycles. The molecular weight excluding hydrogens is 333 g/mol. The van der Waals surface area contributed by atoms with Crippen LogP contribution in [-0.2, 0) is 6.54 Å². The van der Waals surface area contributed by atoms with Crippen LogP contribution in [0, 0.1) is 0 Å². The predicted molar refractivity (Wildman–Crippen MR) is 80.5 cm³/mol. The van der Waals surface area contributed by atoms with Crippen LogP contribution in [0.2, 0.25) is 5.02 Å². The molecule has 16 heavy (non-hydrogen) atoms. The number of alkyl halides is 1. The van der Waals surface area contributed by atoms with Gasteiger partial charge in [0, 0.05) is 11.6 Å². The van der Waals surface area contributed by atoms with Gasteiger partial charge >= 0.3 is 0 Å². The Morgan fingerprint density at radius 1 is 1.12 bits per heavy atom. The second-order valence-electron chi connectivity index (χ2n) is 3.91. The number of hydrogen-bond acceptors (Lipinski definition) is 1. The highest BCUT2D eigenvalue weighted by atomic mass is 127. The minimum atomic E-state index is 0.821. The standard InChI is InChI=1S/C13H19ClIN/c14-13-7-5-6-12(10-13)11-16-9-4-2-1-3-8-15/h5-7,10,16H,1-4,8-9,11H2. The average Bonchev–Trinajstić information content (AvgIpc) is 2.28. The molecule has 0 amide bonds. The number of unbranched alkanes of at least 4 members (excludes halogenated alkanes) is 3. The van der Waals surface area contributed by atoms with Gasteiger partial charge in [0.1, 0.15) is 0 Å². The second-order valence-corrected chi connectivity index (χ2v) is 5.43. The van der Waals surface area contributed by atoms with Gasteiger partial charge in [0.25, 0.3) is 0 Å². The van der Waals surface area contributed by atoms with Crippen LogP contribution in [0.15, 0.2) is 24.3 Å². The minimum absolute atomic E-state index is 0.821. The van der Waals surface area contributed by atoms with E-state index in [2.05, 4.69) is 34.0 Å². The van der Waals surface area contributed by atoms with Crippen LogP contribution in [0.3, 0.4) is 0 Å². The number of rotatable bonds is 8. The Labute approximate surface area is 117 Å². The molecule has 3 heteroatoms. The summed E-state index contributed by atoms with van der Waals surface area (Å²) in [7, 11) is 0. The first kappa shape index (κ1) is 14.3. The van der Waals surface area contributed by atoms with Crippen molar-refractivity contribution in [1.29, 1.82) is 0 Å². The number of halogens is 2. The summed E-state index contributed by atoms with van der Waals surface area (Å²) in [6.45, 7) is 2.03. The molecule has 1 N–H and O–H groups in total. The van der Waals surface area contributed by atoms with Gasteiger partial charge in [-0.15, -0.1) is 0 Å². The molecule has 0 radical (unpaired) electrons. The van der Waals surface area contributed by atoms with Gasteiger partial charge in [-0.1, -0.05) is 59.2 Å². The minimum Gasteiger partial charge on any atom is -0.313 e. The van der Waals surface area contributed by atoms with Crippen molar-refractivity contribution in [3.05, 3.63) is 34.9 Å². The average molecular weight is 352 g/mol. The number of hydrogen-bond donors (Lipinski definition) is 1. The van der Waals surface area contributed by atoms with Crippen molar-refractivity contribution in [2.75, 3.05) is 11.0 Å². The maximum atomic E-state index is 5.91. The highest BCUT2D eigenvalue weighted by Gasteiger charge is 1.94. The SMILES string of the molecule is Clc1cccc(CNCCCCCCI)c1. The van der Waals surface area contributed by atoms with Crippen LogP contribution in [0.4, 0.5) is 0 Å². The first-order valence-corrected chi connectivity index (χ1v) is 7.74. The maximum absolute atomic E-state index is 5.91. The van der Waals surface area contributed by atoms with Gasteiger partial charge in [0.15, 0.2) is 0 Å². The zero-order valence-corrected chi connectivity index (χ0v) is 12.4. The number of nitrogens with one attached hydrogen (secondary N) is 1. The largest absolute Gasteiger partial charge is 0.313 e. The zero-order valence-electron chi connectivity index (χ0n) is 9.52. The fraction of sp³-hybridized carbons (Fsp3) is 0.538. The Balaban J connectivity index is 2.03. The normalized spacial score (nSPS) is 10.6. The van der Waals surface area contributed by atoms with Gasteiger partial charge in [-0.3, -0.25) is 0 Å². The third-order valence-corrected chi connectivity index (χ3v) is 3.45. The summed E-state index contributed by atoms with van der Waals surface area (Å²) in [6.07, 6.45) is 5.33. The summed E-state index contributed by atoms with van der Waals surface area (Å²) in [5.41, 5.74) is 1.26. The molecule has 1 nitrogen and oxygen atoms in total. The molecule has 0 spiro atoms. The summed E-state index contributed by atoms with van der Waals surface area (Å²) < 4.78 is 1.29. The van der Waals surface area contributed by atoms with Gasteiger partial charge in [-0.25, -0.2) is 0 Å². The van der Waals surface area contributed by atoms with Crippen molar-refractivity contribution in [2.45, 2.75) is 32.2 Å². The molecule has 1 rings (SSSR count). The van der Waals surface area contributed by atoms with E-state index in [9.17, 15) is 0 Å². The summed E-state index contributed by atoms with van der Waals surface area (Å²) >= 11 is 8.35. The first-order chi connectivity index (χ1) is 7.83. The van der Waals surface area contributed by atoms with Crippen LogP contribution in [0.1, 0.15) is 31.2 Å². The van der Waals surface area contributed by atoms with E-state index < -0.39 is 0 Å². The fourth-order valence-corrected chi connectivity index (χ4v) is 2.33. The van der Waals surface area contributed by atoms with Crippen LogP contribution < -0.4 is 5.32 Å². The summed E-state index contributed by atoms with van der Waals surface area (Å²) in [4.78, 5) is 0. The first-order valence-electron chi connectivity index (χ1n) is 5.84. The van der Waals surface area contributed by atoms with E-state index in [1.807, 2.05) is 18.2 Å². The molecule has 0 aliphatic heterocycles. The van der Waals surface area contributed by atoms with Crippen molar-refractivity contribution < 1.29 is 0 Å². The van der Waals surface area contributed by atoms with E-state index in [-0.39, 0.29) is 0 Å². The lowest BCUT2D eigenvalue weighted by molar-refractivity contribution is 0.600. The molecule has 0 saturated carbocycles. The van der Waals surface area contributed by atoms with Gasteiger partial charge in [0.05, 0.1) is 0 Å². The van der Waals surface area contributed by atoms with E-state index in [1.54, 1.807) is 0 Å². The van der Waals surface area contributed by atoms with E-state index in [4.69, 9.17) is 11.6 Å². The monoisotopic (exact) mass is 351 g/mol. The van der Waals surface area contributed by atoms with E-state index >= 15 is 0 Å². The van der Waals surface area contributed by atoms with Gasteiger partial charge in [-0.2, -0.15) is 0 Å². The van der Waals surface area contributed by atoms with Crippen LogP contribution in [0.25, 0.3) is 0 Å². The molecular formula is C13H19ClIN. The predicted octanol–water partition coefficient (Wildman–Crippen LogP) is 4.43. The quantitative estimate of drug-likeness (QED) is 0.415. The lowest BCUT2D eigenvalue weighted by atomic mass is 10.2.